The topological polar surface area (TPSA) is 66.8 Å². The van der Waals surface area contributed by atoms with E-state index in [1.165, 1.54) is 6.26 Å². The molecule has 0 radical (unpaired) electrons. The van der Waals surface area contributed by atoms with E-state index in [9.17, 15) is 13.5 Å². The van der Waals surface area contributed by atoms with Gasteiger partial charge in [-0.3, -0.25) is 4.90 Å². The molecule has 2 aromatic rings. The van der Waals surface area contributed by atoms with Gasteiger partial charge in [0.1, 0.15) is 5.75 Å². The fraction of sp³-hybridized carbons (Fsp3) is 0.429. The summed E-state index contributed by atoms with van der Waals surface area (Å²) in [6.07, 6.45) is 1.72. The van der Waals surface area contributed by atoms with Crippen molar-refractivity contribution < 1.29 is 18.3 Å². The smallest absolute Gasteiger partial charge is 0.175 e. The summed E-state index contributed by atoms with van der Waals surface area (Å²) >= 11 is 0. The minimum atomic E-state index is -3.19. The van der Waals surface area contributed by atoms with Gasteiger partial charge in [-0.15, -0.1) is 0 Å². The van der Waals surface area contributed by atoms with Gasteiger partial charge >= 0.3 is 0 Å². The number of sulfone groups is 1. The van der Waals surface area contributed by atoms with Crippen molar-refractivity contribution >= 4 is 9.84 Å². The van der Waals surface area contributed by atoms with Crippen molar-refractivity contribution in [1.82, 2.24) is 4.90 Å². The van der Waals surface area contributed by atoms with Crippen molar-refractivity contribution in [2.24, 2.45) is 5.92 Å². The molecular weight excluding hydrogens is 362 g/mol. The average molecular weight is 390 g/mol. The van der Waals surface area contributed by atoms with Crippen LogP contribution in [0, 0.1) is 5.92 Å². The Bertz CT molecular complexity index is 836. The molecule has 0 aliphatic carbocycles. The molecule has 1 saturated heterocycles. The molecule has 27 heavy (non-hydrogen) atoms. The van der Waals surface area contributed by atoms with Gasteiger partial charge < -0.3 is 9.84 Å². The molecule has 1 heterocycles. The van der Waals surface area contributed by atoms with Gasteiger partial charge in [-0.2, -0.15) is 0 Å². The van der Waals surface area contributed by atoms with Crippen LogP contribution in [0.4, 0.5) is 0 Å². The number of hydrogen-bond donors (Lipinski definition) is 1. The summed E-state index contributed by atoms with van der Waals surface area (Å²) in [5, 5.41) is 10.5. The van der Waals surface area contributed by atoms with E-state index in [2.05, 4.69) is 11.8 Å². The van der Waals surface area contributed by atoms with Crippen LogP contribution in [0.1, 0.15) is 25.0 Å². The monoisotopic (exact) mass is 389 g/mol. The zero-order chi connectivity index (χ0) is 19.4. The van der Waals surface area contributed by atoms with Gasteiger partial charge in [0.2, 0.25) is 0 Å². The van der Waals surface area contributed by atoms with Gasteiger partial charge in [-0.1, -0.05) is 30.3 Å². The van der Waals surface area contributed by atoms with Crippen LogP contribution >= 0.6 is 0 Å². The highest BCUT2D eigenvalue weighted by Gasteiger charge is 2.30. The molecule has 1 aliphatic heterocycles. The van der Waals surface area contributed by atoms with Crippen LogP contribution in [0.5, 0.6) is 5.75 Å². The van der Waals surface area contributed by atoms with Crippen LogP contribution in [0.2, 0.25) is 0 Å². The molecule has 0 aromatic heterocycles. The lowest BCUT2D eigenvalue weighted by Crippen LogP contribution is -2.32. The van der Waals surface area contributed by atoms with Gasteiger partial charge in [0.05, 0.1) is 17.6 Å². The maximum atomic E-state index is 11.5. The first-order valence-corrected chi connectivity index (χ1v) is 11.1. The maximum Gasteiger partial charge on any atom is 0.175 e. The summed E-state index contributed by atoms with van der Waals surface area (Å²) in [6.45, 7) is 4.26. The van der Waals surface area contributed by atoms with Crippen LogP contribution in [-0.2, 0) is 9.84 Å². The molecule has 3 unspecified atom stereocenters. The minimum Gasteiger partial charge on any atom is -0.493 e. The van der Waals surface area contributed by atoms with Crippen molar-refractivity contribution in [2.45, 2.75) is 30.4 Å². The molecule has 5 nitrogen and oxygen atoms in total. The minimum absolute atomic E-state index is 0.297. The predicted molar refractivity (Wildman–Crippen MR) is 106 cm³/mol. The number of β-amino-alcohol motifs (C(OH)–C–C–N with tert-alkyl or cyclic N) is 1. The Kier molecular flexibility index (Phi) is 6.19. The Morgan fingerprint density at radius 2 is 1.81 bits per heavy atom. The standard InChI is InChI=1S/C21H27NO4S/c1-16-12-17(13-22(16)14-21(23)18-6-4-3-5-7-18)15-26-19-8-10-20(11-9-19)27(2,24)25/h3-11,16-17,21,23H,12-15H2,1-2H3. The Morgan fingerprint density at radius 1 is 1.15 bits per heavy atom. The van der Waals surface area contributed by atoms with Crippen molar-refractivity contribution in [3.63, 3.8) is 0 Å². The van der Waals surface area contributed by atoms with Gasteiger partial charge in [-0.05, 0) is 43.2 Å². The van der Waals surface area contributed by atoms with E-state index in [0.717, 1.165) is 18.5 Å². The molecular formula is C21H27NO4S. The van der Waals surface area contributed by atoms with Crippen LogP contribution in [0.15, 0.2) is 59.5 Å². The van der Waals surface area contributed by atoms with Crippen LogP contribution in [0.25, 0.3) is 0 Å². The second kappa shape index (κ2) is 8.42. The van der Waals surface area contributed by atoms with Crippen molar-refractivity contribution in [3.05, 3.63) is 60.2 Å². The molecule has 1 fully saturated rings. The largest absolute Gasteiger partial charge is 0.493 e. The van der Waals surface area contributed by atoms with E-state index in [1.807, 2.05) is 30.3 Å². The summed E-state index contributed by atoms with van der Waals surface area (Å²) in [5.41, 5.74) is 0.940. The van der Waals surface area contributed by atoms with Gasteiger partial charge in [0, 0.05) is 31.3 Å². The molecule has 3 rings (SSSR count). The summed E-state index contributed by atoms with van der Waals surface area (Å²) in [6, 6.07) is 16.7. The van der Waals surface area contributed by atoms with Crippen LogP contribution < -0.4 is 4.74 Å². The Morgan fingerprint density at radius 3 is 2.44 bits per heavy atom. The first kappa shape index (κ1) is 19.9. The Balaban J connectivity index is 1.51. The van der Waals surface area contributed by atoms with Gasteiger partial charge in [0.25, 0.3) is 0 Å². The highest BCUT2D eigenvalue weighted by molar-refractivity contribution is 7.90. The molecule has 146 valence electrons. The van der Waals surface area contributed by atoms with E-state index in [4.69, 9.17) is 4.74 Å². The number of hydrogen-bond acceptors (Lipinski definition) is 5. The van der Waals surface area contributed by atoms with Crippen molar-refractivity contribution in [2.75, 3.05) is 26.0 Å². The summed E-state index contributed by atoms with van der Waals surface area (Å²) < 4.78 is 28.9. The Hall–Kier alpha value is -1.89. The molecule has 3 atom stereocenters. The summed E-state index contributed by atoms with van der Waals surface area (Å²) in [5.74, 6) is 1.07. The fourth-order valence-electron chi connectivity index (χ4n) is 3.59. The first-order chi connectivity index (χ1) is 12.8. The lowest BCUT2D eigenvalue weighted by atomic mass is 10.1. The van der Waals surface area contributed by atoms with Gasteiger partial charge in [0.15, 0.2) is 9.84 Å². The molecule has 0 amide bonds. The zero-order valence-electron chi connectivity index (χ0n) is 15.8. The third kappa shape index (κ3) is 5.31. The highest BCUT2D eigenvalue weighted by Crippen LogP contribution is 2.27. The maximum absolute atomic E-state index is 11.5. The summed E-state index contributed by atoms with van der Waals surface area (Å²) in [7, 11) is -3.19. The number of rotatable bonds is 7. The zero-order valence-corrected chi connectivity index (χ0v) is 16.6. The number of benzene rings is 2. The quantitative estimate of drug-likeness (QED) is 0.789. The average Bonchev–Trinajstić information content (AvgIpc) is 3.00. The van der Waals surface area contributed by atoms with E-state index >= 15 is 0 Å². The number of likely N-dealkylation sites (tertiary alicyclic amines) is 1. The van der Waals surface area contributed by atoms with Crippen molar-refractivity contribution in [1.29, 1.82) is 0 Å². The second-order valence-corrected chi connectivity index (χ2v) is 9.40. The van der Waals surface area contributed by atoms with Crippen LogP contribution in [-0.4, -0.2) is 50.4 Å². The third-order valence-corrected chi connectivity index (χ3v) is 6.25. The lowest BCUT2D eigenvalue weighted by Gasteiger charge is -2.24. The number of ether oxygens (including phenoxy) is 1. The number of aliphatic hydroxyl groups excluding tert-OH is 1. The number of nitrogens with zero attached hydrogens (tertiary/aromatic N) is 1. The molecule has 0 spiro atoms. The normalized spacial score (nSPS) is 21.9. The molecule has 0 bridgehead atoms. The molecule has 0 saturated carbocycles. The highest BCUT2D eigenvalue weighted by atomic mass is 32.2. The Labute approximate surface area is 161 Å². The third-order valence-electron chi connectivity index (χ3n) is 5.12. The second-order valence-electron chi connectivity index (χ2n) is 7.39. The van der Waals surface area contributed by atoms with E-state index in [0.29, 0.717) is 35.8 Å². The van der Waals surface area contributed by atoms with Crippen molar-refractivity contribution in [3.8, 4) is 5.75 Å². The molecule has 6 heteroatoms. The lowest BCUT2D eigenvalue weighted by molar-refractivity contribution is 0.107. The molecule has 2 aromatic carbocycles. The SMILES string of the molecule is CC1CC(COc2ccc(S(C)(=O)=O)cc2)CN1CC(O)c1ccccc1. The van der Waals surface area contributed by atoms with Crippen LogP contribution in [0.3, 0.4) is 0 Å². The molecule has 1 N–H and O–H groups in total. The van der Waals surface area contributed by atoms with Gasteiger partial charge in [-0.25, -0.2) is 8.42 Å². The number of aliphatic hydroxyl groups is 1. The van der Waals surface area contributed by atoms with E-state index in [-0.39, 0.29) is 0 Å². The fourth-order valence-corrected chi connectivity index (χ4v) is 4.22. The first-order valence-electron chi connectivity index (χ1n) is 9.23. The van der Waals surface area contributed by atoms with E-state index < -0.39 is 15.9 Å². The van der Waals surface area contributed by atoms with E-state index in [1.54, 1.807) is 24.3 Å². The molecule has 1 aliphatic rings. The summed E-state index contributed by atoms with van der Waals surface area (Å²) in [4.78, 5) is 2.60. The predicted octanol–water partition coefficient (Wildman–Crippen LogP) is 2.91.